The van der Waals surface area contributed by atoms with Crippen LogP contribution >= 0.6 is 11.3 Å². The largest absolute Gasteiger partial charge is 0.305 e. The summed E-state index contributed by atoms with van der Waals surface area (Å²) in [4.78, 5) is 2.43. The van der Waals surface area contributed by atoms with Crippen molar-refractivity contribution in [1.82, 2.24) is 5.32 Å². The Hall–Kier alpha value is -2.04. The molecule has 23 heavy (non-hydrogen) atoms. The maximum atomic E-state index is 13.3. The summed E-state index contributed by atoms with van der Waals surface area (Å²) >= 11 is 1.73. The van der Waals surface area contributed by atoms with Crippen LogP contribution in [-0.2, 0) is 6.54 Å². The smallest absolute Gasteiger partial charge is 0.159 e. The van der Waals surface area contributed by atoms with E-state index in [4.69, 9.17) is 0 Å². The van der Waals surface area contributed by atoms with E-state index in [1.807, 2.05) is 25.1 Å². The summed E-state index contributed by atoms with van der Waals surface area (Å²) in [6, 6.07) is 18.4. The highest BCUT2D eigenvalue weighted by Gasteiger charge is 2.10. The summed E-state index contributed by atoms with van der Waals surface area (Å²) in [6.07, 6.45) is 0. The Morgan fingerprint density at radius 3 is 2.48 bits per heavy atom. The van der Waals surface area contributed by atoms with Crippen molar-refractivity contribution in [2.75, 3.05) is 0 Å². The maximum absolute atomic E-state index is 13.3. The fourth-order valence-corrected chi connectivity index (χ4v) is 3.35. The van der Waals surface area contributed by atoms with Gasteiger partial charge in [0.05, 0.1) is 0 Å². The first-order valence-corrected chi connectivity index (χ1v) is 8.27. The van der Waals surface area contributed by atoms with E-state index in [2.05, 4.69) is 29.6 Å². The van der Waals surface area contributed by atoms with Crippen molar-refractivity contribution in [3.63, 3.8) is 0 Å². The lowest BCUT2D eigenvalue weighted by atomic mass is 10.1. The topological polar surface area (TPSA) is 12.0 Å². The zero-order chi connectivity index (χ0) is 16.2. The first-order chi connectivity index (χ1) is 11.1. The number of thiophene rings is 1. The quantitative estimate of drug-likeness (QED) is 0.647. The molecule has 0 aliphatic carbocycles. The molecule has 1 nitrogen and oxygen atoms in total. The minimum atomic E-state index is -0.813. The zero-order valence-corrected chi connectivity index (χ0v) is 13.5. The Morgan fingerprint density at radius 2 is 1.74 bits per heavy atom. The molecule has 1 unspecified atom stereocenters. The standard InChI is InChI=1S/C19H17F2NS/c1-13(15-7-9-17(20)18(21)11-15)22-12-16-8-10-19(23-16)14-5-3-2-4-6-14/h2-11,13,22H,12H2,1H3. The second-order valence-electron chi connectivity index (χ2n) is 5.41. The van der Waals surface area contributed by atoms with Gasteiger partial charge in [-0.25, -0.2) is 8.78 Å². The highest BCUT2D eigenvalue weighted by Crippen LogP contribution is 2.28. The lowest BCUT2D eigenvalue weighted by Gasteiger charge is -2.13. The van der Waals surface area contributed by atoms with Crippen LogP contribution in [0.1, 0.15) is 23.4 Å². The summed E-state index contributed by atoms with van der Waals surface area (Å²) in [5.41, 5.74) is 1.95. The number of hydrogen-bond acceptors (Lipinski definition) is 2. The third-order valence-electron chi connectivity index (χ3n) is 3.75. The molecule has 0 radical (unpaired) electrons. The highest BCUT2D eigenvalue weighted by molar-refractivity contribution is 7.15. The molecule has 1 atom stereocenters. The van der Waals surface area contributed by atoms with Crippen LogP contribution < -0.4 is 5.32 Å². The first-order valence-electron chi connectivity index (χ1n) is 7.46. The Kier molecular flexibility index (Phi) is 4.84. The van der Waals surface area contributed by atoms with Gasteiger partial charge in [-0.3, -0.25) is 0 Å². The Bertz CT molecular complexity index is 783. The van der Waals surface area contributed by atoms with E-state index >= 15 is 0 Å². The predicted octanol–water partition coefficient (Wildman–Crippen LogP) is 5.54. The summed E-state index contributed by atoms with van der Waals surface area (Å²) < 4.78 is 26.3. The molecule has 0 saturated heterocycles. The van der Waals surface area contributed by atoms with E-state index in [9.17, 15) is 8.78 Å². The van der Waals surface area contributed by atoms with Gasteiger partial charge in [-0.05, 0) is 42.3 Å². The number of halogens is 2. The lowest BCUT2D eigenvalue weighted by molar-refractivity contribution is 0.501. The molecular weight excluding hydrogens is 312 g/mol. The maximum Gasteiger partial charge on any atom is 0.159 e. The van der Waals surface area contributed by atoms with Crippen LogP contribution in [0.3, 0.4) is 0 Å². The fraction of sp³-hybridized carbons (Fsp3) is 0.158. The number of nitrogens with one attached hydrogen (secondary N) is 1. The Morgan fingerprint density at radius 1 is 0.957 bits per heavy atom. The van der Waals surface area contributed by atoms with Gasteiger partial charge in [0, 0.05) is 22.3 Å². The van der Waals surface area contributed by atoms with Crippen molar-refractivity contribution in [3.8, 4) is 10.4 Å². The summed E-state index contributed by atoms with van der Waals surface area (Å²) in [5.74, 6) is -1.62. The molecule has 0 bridgehead atoms. The van der Waals surface area contributed by atoms with Gasteiger partial charge in [0.15, 0.2) is 11.6 Å². The molecule has 2 aromatic carbocycles. The second kappa shape index (κ2) is 7.02. The van der Waals surface area contributed by atoms with E-state index in [0.717, 1.165) is 5.56 Å². The average molecular weight is 329 g/mol. The van der Waals surface area contributed by atoms with E-state index < -0.39 is 11.6 Å². The van der Waals surface area contributed by atoms with Crippen molar-refractivity contribution in [2.24, 2.45) is 0 Å². The second-order valence-corrected chi connectivity index (χ2v) is 6.58. The molecule has 0 saturated carbocycles. The van der Waals surface area contributed by atoms with Crippen molar-refractivity contribution in [1.29, 1.82) is 0 Å². The molecule has 0 aliphatic rings. The summed E-state index contributed by atoms with van der Waals surface area (Å²) in [5, 5.41) is 3.35. The molecule has 0 fully saturated rings. The van der Waals surface area contributed by atoms with Gasteiger partial charge in [0.2, 0.25) is 0 Å². The minimum absolute atomic E-state index is 0.0487. The number of benzene rings is 2. The van der Waals surface area contributed by atoms with Crippen LogP contribution in [-0.4, -0.2) is 0 Å². The van der Waals surface area contributed by atoms with Gasteiger partial charge < -0.3 is 5.32 Å². The third kappa shape index (κ3) is 3.84. The number of rotatable bonds is 5. The molecule has 118 valence electrons. The lowest BCUT2D eigenvalue weighted by Crippen LogP contribution is -2.17. The third-order valence-corrected chi connectivity index (χ3v) is 4.88. The molecule has 3 aromatic rings. The Balaban J connectivity index is 1.64. The van der Waals surface area contributed by atoms with Gasteiger partial charge in [0.1, 0.15) is 0 Å². The van der Waals surface area contributed by atoms with E-state index in [1.54, 1.807) is 17.4 Å². The van der Waals surface area contributed by atoms with Crippen molar-refractivity contribution < 1.29 is 8.78 Å². The molecule has 0 spiro atoms. The van der Waals surface area contributed by atoms with Crippen LogP contribution in [0, 0.1) is 11.6 Å². The Labute approximate surface area is 138 Å². The van der Waals surface area contributed by atoms with Gasteiger partial charge in [0.25, 0.3) is 0 Å². The molecule has 1 N–H and O–H groups in total. The van der Waals surface area contributed by atoms with Crippen molar-refractivity contribution >= 4 is 11.3 Å². The van der Waals surface area contributed by atoms with Crippen molar-refractivity contribution in [3.05, 3.63) is 82.7 Å². The van der Waals surface area contributed by atoms with Crippen LogP contribution in [0.4, 0.5) is 8.78 Å². The van der Waals surface area contributed by atoms with E-state index in [1.165, 1.54) is 27.5 Å². The van der Waals surface area contributed by atoms with E-state index in [0.29, 0.717) is 6.54 Å². The van der Waals surface area contributed by atoms with Gasteiger partial charge in [-0.15, -0.1) is 11.3 Å². The molecule has 1 aromatic heterocycles. The SMILES string of the molecule is CC(NCc1ccc(-c2ccccc2)s1)c1ccc(F)c(F)c1. The molecule has 4 heteroatoms. The van der Waals surface area contributed by atoms with Gasteiger partial charge in [-0.2, -0.15) is 0 Å². The average Bonchev–Trinajstić information content (AvgIpc) is 3.05. The predicted molar refractivity (Wildman–Crippen MR) is 91.4 cm³/mol. The highest BCUT2D eigenvalue weighted by atomic mass is 32.1. The molecule has 0 aliphatic heterocycles. The molecule has 1 heterocycles. The van der Waals surface area contributed by atoms with Crippen LogP contribution in [0.25, 0.3) is 10.4 Å². The first kappa shape index (κ1) is 15.8. The monoisotopic (exact) mass is 329 g/mol. The normalized spacial score (nSPS) is 12.3. The molecule has 0 amide bonds. The summed E-state index contributed by atoms with van der Waals surface area (Å²) in [6.45, 7) is 2.63. The summed E-state index contributed by atoms with van der Waals surface area (Å²) in [7, 11) is 0. The van der Waals surface area contributed by atoms with Crippen LogP contribution in [0.15, 0.2) is 60.7 Å². The fourth-order valence-electron chi connectivity index (χ4n) is 2.38. The molecule has 3 rings (SSSR count). The van der Waals surface area contributed by atoms with Gasteiger partial charge in [-0.1, -0.05) is 36.4 Å². The van der Waals surface area contributed by atoms with Crippen LogP contribution in [0.5, 0.6) is 0 Å². The van der Waals surface area contributed by atoms with E-state index in [-0.39, 0.29) is 6.04 Å². The van der Waals surface area contributed by atoms with Gasteiger partial charge >= 0.3 is 0 Å². The van der Waals surface area contributed by atoms with Crippen molar-refractivity contribution in [2.45, 2.75) is 19.5 Å². The van der Waals surface area contributed by atoms with Crippen LogP contribution in [0.2, 0.25) is 0 Å². The molecular formula is C19H17F2NS. The minimum Gasteiger partial charge on any atom is -0.305 e. The zero-order valence-electron chi connectivity index (χ0n) is 12.7. The number of hydrogen-bond donors (Lipinski definition) is 1.